The first kappa shape index (κ1) is 14.2. The molecule has 1 aliphatic heterocycles. The van der Waals surface area contributed by atoms with Gasteiger partial charge in [-0.2, -0.15) is 0 Å². The van der Waals surface area contributed by atoms with E-state index in [0.29, 0.717) is 12.4 Å². The number of benzene rings is 1. The van der Waals surface area contributed by atoms with Crippen LogP contribution in [-0.2, 0) is 0 Å². The number of ether oxygens (including phenoxy) is 1. The molecule has 0 unspecified atom stereocenters. The molecule has 1 aromatic rings. The van der Waals surface area contributed by atoms with Gasteiger partial charge in [0, 0.05) is 11.4 Å². The largest absolute Gasteiger partial charge is 0.491 e. The molecule has 0 aliphatic carbocycles. The summed E-state index contributed by atoms with van der Waals surface area (Å²) in [5.41, 5.74) is 0.274. The van der Waals surface area contributed by atoms with Crippen LogP contribution in [0.5, 0.6) is 5.75 Å². The lowest BCUT2D eigenvalue weighted by Gasteiger charge is -2.16. The number of hydrogen-bond donors (Lipinski definition) is 1. The summed E-state index contributed by atoms with van der Waals surface area (Å²) in [5.74, 6) is -0.459. The fraction of sp³-hybridized carbons (Fsp3) is 0.500. The molecule has 19 heavy (non-hydrogen) atoms. The second kappa shape index (κ2) is 6.82. The third-order valence-corrected chi connectivity index (χ3v) is 4.07. The Morgan fingerprint density at radius 1 is 1.42 bits per heavy atom. The molecule has 0 saturated carbocycles. The summed E-state index contributed by atoms with van der Waals surface area (Å²) >= 11 is 1.43. The third-order valence-electron chi connectivity index (χ3n) is 3.29. The normalized spacial score (nSPS) is 15.6. The molecule has 0 radical (unpaired) electrons. The van der Waals surface area contributed by atoms with E-state index < -0.39 is 5.97 Å². The predicted octanol–water partition coefficient (Wildman–Crippen LogP) is 2.58. The number of thioether (sulfide) groups is 1. The topological polar surface area (TPSA) is 49.8 Å². The molecule has 1 N–H and O–H groups in total. The summed E-state index contributed by atoms with van der Waals surface area (Å²) in [5, 5.41) is 9.28. The molecule has 0 spiro atoms. The Labute approximate surface area is 117 Å². The lowest BCUT2D eigenvalue weighted by atomic mass is 10.2. The highest BCUT2D eigenvalue weighted by Crippen LogP contribution is 2.28. The highest BCUT2D eigenvalue weighted by atomic mass is 32.2. The molecule has 1 fully saturated rings. The van der Waals surface area contributed by atoms with Crippen molar-refractivity contribution in [3.05, 3.63) is 23.8 Å². The minimum atomic E-state index is -0.930. The van der Waals surface area contributed by atoms with Crippen molar-refractivity contribution < 1.29 is 14.6 Å². The van der Waals surface area contributed by atoms with Crippen molar-refractivity contribution in [1.29, 1.82) is 0 Å². The Morgan fingerprint density at radius 2 is 2.16 bits per heavy atom. The molecule has 1 aliphatic rings. The maximum absolute atomic E-state index is 11.3. The first-order valence-corrected chi connectivity index (χ1v) is 7.70. The van der Waals surface area contributed by atoms with E-state index in [0.717, 1.165) is 24.5 Å². The predicted molar refractivity (Wildman–Crippen MR) is 76.4 cm³/mol. The van der Waals surface area contributed by atoms with Crippen LogP contribution in [0.4, 0.5) is 0 Å². The molecule has 0 amide bonds. The highest BCUT2D eigenvalue weighted by Gasteiger charge is 2.17. The van der Waals surface area contributed by atoms with Crippen LogP contribution < -0.4 is 4.74 Å². The van der Waals surface area contributed by atoms with Crippen LogP contribution in [0.15, 0.2) is 23.1 Å². The van der Waals surface area contributed by atoms with Gasteiger partial charge in [-0.3, -0.25) is 4.90 Å². The van der Waals surface area contributed by atoms with Gasteiger partial charge in [0.05, 0.1) is 0 Å². The number of hydrogen-bond acceptors (Lipinski definition) is 4. The van der Waals surface area contributed by atoms with Crippen molar-refractivity contribution in [2.45, 2.75) is 17.7 Å². The van der Waals surface area contributed by atoms with Crippen LogP contribution in [0.3, 0.4) is 0 Å². The van der Waals surface area contributed by atoms with Gasteiger partial charge in [-0.15, -0.1) is 11.8 Å². The Bertz CT molecular complexity index is 444. The zero-order valence-corrected chi connectivity index (χ0v) is 11.9. The van der Waals surface area contributed by atoms with Crippen LogP contribution in [-0.4, -0.2) is 48.5 Å². The van der Waals surface area contributed by atoms with E-state index in [-0.39, 0.29) is 5.56 Å². The van der Waals surface area contributed by atoms with Crippen LogP contribution >= 0.6 is 11.8 Å². The molecule has 1 aromatic carbocycles. The zero-order chi connectivity index (χ0) is 13.7. The molecule has 2 rings (SSSR count). The van der Waals surface area contributed by atoms with Gasteiger partial charge in [0.25, 0.3) is 0 Å². The van der Waals surface area contributed by atoms with Gasteiger partial charge in [-0.25, -0.2) is 4.79 Å². The van der Waals surface area contributed by atoms with Gasteiger partial charge in [0.2, 0.25) is 0 Å². The lowest BCUT2D eigenvalue weighted by molar-refractivity contribution is 0.0687. The number of aromatic carboxylic acids is 1. The van der Waals surface area contributed by atoms with Crippen LogP contribution in [0.25, 0.3) is 0 Å². The van der Waals surface area contributed by atoms with Crippen molar-refractivity contribution in [3.63, 3.8) is 0 Å². The highest BCUT2D eigenvalue weighted by molar-refractivity contribution is 7.98. The molecular formula is C14H19NO3S. The number of nitrogens with zero attached hydrogens (tertiary/aromatic N) is 1. The van der Waals surface area contributed by atoms with E-state index in [9.17, 15) is 9.90 Å². The quantitative estimate of drug-likeness (QED) is 0.812. The molecule has 1 heterocycles. The van der Waals surface area contributed by atoms with Gasteiger partial charge >= 0.3 is 5.97 Å². The minimum Gasteiger partial charge on any atom is -0.491 e. The second-order valence-electron chi connectivity index (χ2n) is 4.54. The van der Waals surface area contributed by atoms with Crippen molar-refractivity contribution >= 4 is 17.7 Å². The Kier molecular flexibility index (Phi) is 5.10. The van der Waals surface area contributed by atoms with Gasteiger partial charge in [-0.1, -0.05) is 6.07 Å². The molecule has 0 atom stereocenters. The fourth-order valence-corrected chi connectivity index (χ4v) is 2.91. The zero-order valence-electron chi connectivity index (χ0n) is 11.1. The summed E-state index contributed by atoms with van der Waals surface area (Å²) < 4.78 is 5.67. The number of carboxylic acids is 1. The summed E-state index contributed by atoms with van der Waals surface area (Å²) in [6.07, 6.45) is 4.38. The van der Waals surface area contributed by atoms with E-state index in [1.54, 1.807) is 12.1 Å². The Balaban J connectivity index is 2.00. The van der Waals surface area contributed by atoms with Gasteiger partial charge < -0.3 is 9.84 Å². The summed E-state index contributed by atoms with van der Waals surface area (Å²) in [6.45, 7) is 3.65. The van der Waals surface area contributed by atoms with Crippen LogP contribution in [0, 0.1) is 0 Å². The average Bonchev–Trinajstić information content (AvgIpc) is 2.91. The summed E-state index contributed by atoms with van der Waals surface area (Å²) in [4.78, 5) is 14.4. The number of carbonyl (C=O) groups is 1. The Morgan fingerprint density at radius 3 is 2.79 bits per heavy atom. The second-order valence-corrected chi connectivity index (χ2v) is 5.38. The Hall–Kier alpha value is -1.20. The molecule has 0 aromatic heterocycles. The fourth-order valence-electron chi connectivity index (χ4n) is 2.30. The van der Waals surface area contributed by atoms with Crippen molar-refractivity contribution in [1.82, 2.24) is 4.90 Å². The third kappa shape index (κ3) is 3.64. The van der Waals surface area contributed by atoms with Gasteiger partial charge in [0.15, 0.2) is 0 Å². The smallest absolute Gasteiger partial charge is 0.340 e. The van der Waals surface area contributed by atoms with Crippen molar-refractivity contribution in [3.8, 4) is 5.75 Å². The maximum Gasteiger partial charge on any atom is 0.340 e. The first-order valence-electron chi connectivity index (χ1n) is 6.48. The monoisotopic (exact) mass is 281 g/mol. The van der Waals surface area contributed by atoms with Crippen LogP contribution in [0.1, 0.15) is 23.2 Å². The van der Waals surface area contributed by atoms with Gasteiger partial charge in [0.1, 0.15) is 17.9 Å². The molecule has 104 valence electrons. The maximum atomic E-state index is 11.3. The molecule has 4 nitrogen and oxygen atoms in total. The summed E-state index contributed by atoms with van der Waals surface area (Å²) in [6, 6.07) is 5.37. The molecular weight excluding hydrogens is 262 g/mol. The molecule has 5 heteroatoms. The standard InChI is InChI=1S/C14H19NO3S/c1-19-12-6-4-5-11(13(12)14(16)17)18-10-9-15-7-2-3-8-15/h4-6H,2-3,7-10H2,1H3,(H,16,17). The van der Waals surface area contributed by atoms with Crippen molar-refractivity contribution in [2.75, 3.05) is 32.5 Å². The van der Waals surface area contributed by atoms with E-state index in [4.69, 9.17) is 4.74 Å². The number of carboxylic acid groups (broad SMARTS) is 1. The van der Waals surface area contributed by atoms with E-state index in [1.165, 1.54) is 24.6 Å². The SMILES string of the molecule is CSc1cccc(OCCN2CCCC2)c1C(=O)O. The average molecular weight is 281 g/mol. The van der Waals surface area contributed by atoms with E-state index >= 15 is 0 Å². The number of likely N-dealkylation sites (tertiary alicyclic amines) is 1. The lowest BCUT2D eigenvalue weighted by Crippen LogP contribution is -2.25. The molecule has 0 bridgehead atoms. The van der Waals surface area contributed by atoms with E-state index in [1.807, 2.05) is 12.3 Å². The number of rotatable bonds is 6. The first-order chi connectivity index (χ1) is 9.22. The summed E-state index contributed by atoms with van der Waals surface area (Å²) in [7, 11) is 0. The van der Waals surface area contributed by atoms with Gasteiger partial charge in [-0.05, 0) is 44.3 Å². The minimum absolute atomic E-state index is 0.274. The van der Waals surface area contributed by atoms with Crippen molar-refractivity contribution in [2.24, 2.45) is 0 Å². The molecule has 1 saturated heterocycles. The van der Waals surface area contributed by atoms with Crippen LogP contribution in [0.2, 0.25) is 0 Å². The van der Waals surface area contributed by atoms with E-state index in [2.05, 4.69) is 4.90 Å².